The van der Waals surface area contributed by atoms with Gasteiger partial charge in [0.05, 0.1) is 18.1 Å². The fourth-order valence-electron chi connectivity index (χ4n) is 2.75. The molecule has 0 aliphatic carbocycles. The monoisotopic (exact) mass is 353 g/mol. The molecule has 1 heterocycles. The van der Waals surface area contributed by atoms with Crippen molar-refractivity contribution in [1.82, 2.24) is 15.4 Å². The van der Waals surface area contributed by atoms with E-state index in [4.69, 9.17) is 9.94 Å². The number of carbonyl (C=O) groups is 1. The molecule has 3 N–H and O–H groups in total. The molecule has 0 bridgehead atoms. The summed E-state index contributed by atoms with van der Waals surface area (Å²) in [7, 11) is 1.63. The number of aryl methyl sites for hydroxylation is 2. The lowest BCUT2D eigenvalue weighted by atomic mass is 10.1. The Balaban J connectivity index is 1.72. The molecule has 0 saturated heterocycles. The Labute approximate surface area is 149 Å². The van der Waals surface area contributed by atoms with E-state index in [1.165, 1.54) is 11.6 Å². The van der Waals surface area contributed by atoms with Gasteiger partial charge in [-0.3, -0.25) is 14.8 Å². The van der Waals surface area contributed by atoms with E-state index >= 15 is 0 Å². The highest BCUT2D eigenvalue weighted by Crippen LogP contribution is 2.14. The van der Waals surface area contributed by atoms with Crippen LogP contribution in [0.15, 0.2) is 47.3 Å². The molecule has 1 aromatic heterocycles. The normalized spacial score (nSPS) is 10.7. The van der Waals surface area contributed by atoms with Gasteiger partial charge in [-0.25, -0.2) is 10.5 Å². The van der Waals surface area contributed by atoms with Gasteiger partial charge in [-0.05, 0) is 55.2 Å². The number of rotatable bonds is 6. The quantitative estimate of drug-likeness (QED) is 0.466. The van der Waals surface area contributed by atoms with Gasteiger partial charge in [-0.15, -0.1) is 0 Å². The Hall–Kier alpha value is -3.19. The molecule has 0 fully saturated rings. The van der Waals surface area contributed by atoms with Gasteiger partial charge in [0, 0.05) is 5.56 Å². The second-order valence-electron chi connectivity index (χ2n) is 5.89. The minimum absolute atomic E-state index is 0.240. The van der Waals surface area contributed by atoms with E-state index in [1.54, 1.807) is 24.7 Å². The molecule has 0 unspecified atom stereocenters. The molecule has 134 valence electrons. The van der Waals surface area contributed by atoms with Crippen molar-refractivity contribution in [3.8, 4) is 5.75 Å². The topological polar surface area (TPSA) is 104 Å². The van der Waals surface area contributed by atoms with Crippen molar-refractivity contribution in [2.24, 2.45) is 0 Å². The number of carbonyl (C=O) groups excluding carboxylic acids is 1. The molecule has 0 spiro atoms. The zero-order chi connectivity index (χ0) is 18.5. The van der Waals surface area contributed by atoms with Crippen LogP contribution in [0.5, 0.6) is 5.75 Å². The highest BCUT2D eigenvalue weighted by molar-refractivity contribution is 5.96. The number of H-pyrrole nitrogens is 1. The van der Waals surface area contributed by atoms with Crippen LogP contribution in [0.1, 0.15) is 28.0 Å². The van der Waals surface area contributed by atoms with Crippen LogP contribution in [0.25, 0.3) is 11.0 Å². The zero-order valence-corrected chi connectivity index (χ0v) is 14.3. The van der Waals surface area contributed by atoms with E-state index in [0.717, 1.165) is 18.6 Å². The van der Waals surface area contributed by atoms with E-state index in [1.807, 2.05) is 24.3 Å². The maximum atomic E-state index is 12.2. The number of aromatic amines is 1. The lowest BCUT2D eigenvalue weighted by molar-refractivity contribution is 0.0706. The summed E-state index contributed by atoms with van der Waals surface area (Å²) in [5.74, 6) is 0.173. The first-order valence-electron chi connectivity index (χ1n) is 8.21. The molecule has 2 aromatic carbocycles. The van der Waals surface area contributed by atoms with E-state index < -0.39 is 5.91 Å². The molecule has 0 aliphatic rings. The number of amides is 1. The Morgan fingerprint density at radius 1 is 1.19 bits per heavy atom. The average Bonchev–Trinajstić information content (AvgIpc) is 2.67. The molecule has 0 radical (unpaired) electrons. The molecule has 1 amide bonds. The number of nitrogens with one attached hydrogen (secondary N) is 2. The van der Waals surface area contributed by atoms with E-state index in [0.29, 0.717) is 23.1 Å². The maximum Gasteiger partial charge on any atom is 0.274 e. The lowest BCUT2D eigenvalue weighted by Crippen LogP contribution is -2.19. The fraction of sp³-hybridized carbons (Fsp3) is 0.211. The van der Waals surface area contributed by atoms with E-state index in [-0.39, 0.29) is 11.1 Å². The summed E-state index contributed by atoms with van der Waals surface area (Å²) >= 11 is 0. The molecule has 7 nitrogen and oxygen atoms in total. The summed E-state index contributed by atoms with van der Waals surface area (Å²) in [6.07, 6.45) is 2.17. The number of ether oxygens (including phenoxy) is 1. The Kier molecular flexibility index (Phi) is 5.28. The van der Waals surface area contributed by atoms with Gasteiger partial charge >= 0.3 is 0 Å². The predicted octanol–water partition coefficient (Wildman–Crippen LogP) is 2.23. The zero-order valence-electron chi connectivity index (χ0n) is 14.3. The minimum atomic E-state index is -0.642. The van der Waals surface area contributed by atoms with Crippen molar-refractivity contribution in [1.29, 1.82) is 0 Å². The van der Waals surface area contributed by atoms with Crippen molar-refractivity contribution in [3.63, 3.8) is 0 Å². The molecule has 0 saturated carbocycles. The van der Waals surface area contributed by atoms with Crippen molar-refractivity contribution in [2.75, 3.05) is 7.11 Å². The van der Waals surface area contributed by atoms with Crippen LogP contribution in [0, 0.1) is 0 Å². The van der Waals surface area contributed by atoms with Crippen molar-refractivity contribution < 1.29 is 14.7 Å². The molecule has 26 heavy (non-hydrogen) atoms. The van der Waals surface area contributed by atoms with Crippen LogP contribution in [0.2, 0.25) is 0 Å². The van der Waals surface area contributed by atoms with Crippen LogP contribution < -0.4 is 15.8 Å². The number of hydrogen-bond donors (Lipinski definition) is 3. The summed E-state index contributed by atoms with van der Waals surface area (Å²) < 4.78 is 5.14. The molecule has 3 rings (SSSR count). The summed E-state index contributed by atoms with van der Waals surface area (Å²) in [6, 6.07) is 12.5. The molecular formula is C19H19N3O4. The van der Waals surface area contributed by atoms with E-state index in [9.17, 15) is 9.59 Å². The van der Waals surface area contributed by atoms with Crippen LogP contribution in [0.4, 0.5) is 0 Å². The Morgan fingerprint density at radius 3 is 2.65 bits per heavy atom. The van der Waals surface area contributed by atoms with Gasteiger partial charge in [-0.1, -0.05) is 12.1 Å². The first-order chi connectivity index (χ1) is 12.6. The Morgan fingerprint density at radius 2 is 1.96 bits per heavy atom. The highest BCUT2D eigenvalue weighted by Gasteiger charge is 2.09. The first kappa shape index (κ1) is 17.6. The third-order valence-corrected chi connectivity index (χ3v) is 4.16. The number of aromatic nitrogens is 2. The van der Waals surface area contributed by atoms with Gasteiger partial charge < -0.3 is 9.72 Å². The minimum Gasteiger partial charge on any atom is -0.497 e. The number of hydroxylamine groups is 1. The summed E-state index contributed by atoms with van der Waals surface area (Å²) in [4.78, 5) is 30.8. The van der Waals surface area contributed by atoms with Crippen molar-refractivity contribution in [2.45, 2.75) is 19.3 Å². The summed E-state index contributed by atoms with van der Waals surface area (Å²) in [5, 5.41) is 8.69. The number of benzene rings is 2. The summed E-state index contributed by atoms with van der Waals surface area (Å²) in [6.45, 7) is 0. The molecule has 3 aromatic rings. The number of fused-ring (bicyclic) bond motifs is 1. The number of methoxy groups -OCH3 is 1. The van der Waals surface area contributed by atoms with Crippen LogP contribution in [-0.2, 0) is 12.8 Å². The van der Waals surface area contributed by atoms with Crippen LogP contribution >= 0.6 is 0 Å². The Bertz CT molecular complexity index is 980. The summed E-state index contributed by atoms with van der Waals surface area (Å²) in [5.41, 5.74) is 4.22. The third-order valence-electron chi connectivity index (χ3n) is 4.16. The second kappa shape index (κ2) is 7.79. The predicted molar refractivity (Wildman–Crippen MR) is 96.6 cm³/mol. The fourth-order valence-corrected chi connectivity index (χ4v) is 2.75. The average molecular weight is 353 g/mol. The van der Waals surface area contributed by atoms with Gasteiger partial charge in [0.1, 0.15) is 11.4 Å². The SMILES string of the molecule is COc1ccc(CCCc2nc3ccc(C(=O)NO)cc3[nH]c2=O)cc1. The largest absolute Gasteiger partial charge is 0.497 e. The van der Waals surface area contributed by atoms with Crippen LogP contribution in [-0.4, -0.2) is 28.2 Å². The van der Waals surface area contributed by atoms with Gasteiger partial charge in [0.25, 0.3) is 11.5 Å². The number of hydrogen-bond acceptors (Lipinski definition) is 5. The van der Waals surface area contributed by atoms with Gasteiger partial charge in [0.15, 0.2) is 0 Å². The standard InChI is InChI=1S/C19H19N3O4/c1-26-14-8-5-12(6-9-14)3-2-4-16-19(24)21-17-11-13(18(23)22-25)7-10-15(17)20-16/h5-11,25H,2-4H2,1H3,(H,21,24)(H,22,23). The second-order valence-corrected chi connectivity index (χ2v) is 5.89. The van der Waals surface area contributed by atoms with Gasteiger partial charge in [-0.2, -0.15) is 0 Å². The highest BCUT2D eigenvalue weighted by atomic mass is 16.5. The molecule has 0 atom stereocenters. The van der Waals surface area contributed by atoms with E-state index in [2.05, 4.69) is 9.97 Å². The smallest absolute Gasteiger partial charge is 0.274 e. The molecule has 0 aliphatic heterocycles. The lowest BCUT2D eigenvalue weighted by Gasteiger charge is -2.05. The number of nitrogens with zero attached hydrogens (tertiary/aromatic N) is 1. The molecule has 7 heteroatoms. The van der Waals surface area contributed by atoms with Crippen molar-refractivity contribution >= 4 is 16.9 Å². The molecular weight excluding hydrogens is 334 g/mol. The third kappa shape index (κ3) is 3.89. The maximum absolute atomic E-state index is 12.2. The van der Waals surface area contributed by atoms with Crippen molar-refractivity contribution in [3.05, 3.63) is 69.6 Å². The van der Waals surface area contributed by atoms with Gasteiger partial charge in [0.2, 0.25) is 0 Å². The first-order valence-corrected chi connectivity index (χ1v) is 8.21. The van der Waals surface area contributed by atoms with Crippen LogP contribution in [0.3, 0.4) is 0 Å².